The average Bonchev–Trinajstić information content (AvgIpc) is 2.86. The lowest BCUT2D eigenvalue weighted by Gasteiger charge is -2.57. The lowest BCUT2D eigenvalue weighted by atomic mass is 9.48. The Hall–Kier alpha value is -2.81. The maximum Gasteiger partial charge on any atom is 0.337 e. The van der Waals surface area contributed by atoms with Gasteiger partial charge in [0.1, 0.15) is 5.75 Å². The van der Waals surface area contributed by atoms with Gasteiger partial charge in [-0.1, -0.05) is 17.9 Å². The van der Waals surface area contributed by atoms with Crippen LogP contribution < -0.4 is 4.74 Å². The van der Waals surface area contributed by atoms with Crippen molar-refractivity contribution in [2.24, 2.45) is 17.8 Å². The summed E-state index contributed by atoms with van der Waals surface area (Å²) in [6.45, 7) is 1.25. The average molecular weight is 475 g/mol. The Kier molecular flexibility index (Phi) is 7.13. The number of hydrogen-bond acceptors (Lipinski definition) is 5. The molecule has 0 unspecified atom stereocenters. The van der Waals surface area contributed by atoms with E-state index in [4.69, 9.17) is 18.9 Å². The smallest absolute Gasteiger partial charge is 0.337 e. The van der Waals surface area contributed by atoms with Gasteiger partial charge in [0.15, 0.2) is 6.79 Å². The van der Waals surface area contributed by atoms with E-state index in [-0.39, 0.29) is 18.2 Å². The minimum atomic E-state index is -0.348. The maximum absolute atomic E-state index is 11.7. The van der Waals surface area contributed by atoms with Crippen molar-refractivity contribution in [3.8, 4) is 17.6 Å². The molecular weight excluding hydrogens is 440 g/mol. The number of ether oxygens (including phenoxy) is 4. The van der Waals surface area contributed by atoms with Crippen molar-refractivity contribution >= 4 is 5.97 Å². The van der Waals surface area contributed by atoms with Crippen molar-refractivity contribution in [1.82, 2.24) is 0 Å². The molecule has 2 aromatic carbocycles. The Morgan fingerprint density at radius 3 is 2.14 bits per heavy atom. The third-order valence-electron chi connectivity index (χ3n) is 7.98. The molecule has 0 heterocycles. The Morgan fingerprint density at radius 1 is 0.886 bits per heavy atom. The van der Waals surface area contributed by atoms with Crippen LogP contribution in [0.2, 0.25) is 0 Å². The van der Waals surface area contributed by atoms with E-state index < -0.39 is 0 Å². The molecule has 4 bridgehead atoms. The summed E-state index contributed by atoms with van der Waals surface area (Å²) in [7, 11) is 3.05. The monoisotopic (exact) mass is 474 g/mol. The van der Waals surface area contributed by atoms with Gasteiger partial charge in [0.25, 0.3) is 0 Å². The Labute approximate surface area is 208 Å². The fourth-order valence-electron chi connectivity index (χ4n) is 6.86. The van der Waals surface area contributed by atoms with Gasteiger partial charge >= 0.3 is 5.97 Å². The highest BCUT2D eigenvalue weighted by Crippen LogP contribution is 2.61. The van der Waals surface area contributed by atoms with Crippen molar-refractivity contribution in [3.63, 3.8) is 0 Å². The fraction of sp³-hybridized carbons (Fsp3) is 0.500. The second kappa shape index (κ2) is 10.4. The summed E-state index contributed by atoms with van der Waals surface area (Å²) in [5, 5.41) is 0. The highest BCUT2D eigenvalue weighted by molar-refractivity contribution is 5.89. The van der Waals surface area contributed by atoms with Crippen LogP contribution in [0.15, 0.2) is 42.5 Å². The first-order chi connectivity index (χ1) is 17.1. The first-order valence-electron chi connectivity index (χ1n) is 12.6. The van der Waals surface area contributed by atoms with Gasteiger partial charge in [0.05, 0.1) is 25.9 Å². The summed E-state index contributed by atoms with van der Waals surface area (Å²) >= 11 is 0. The molecule has 0 spiro atoms. The molecule has 5 heteroatoms. The normalized spacial score (nSPS) is 26.2. The Bertz CT molecular complexity index is 1070. The zero-order chi connectivity index (χ0) is 24.3. The van der Waals surface area contributed by atoms with Crippen molar-refractivity contribution in [1.29, 1.82) is 0 Å². The molecule has 0 aromatic heterocycles. The van der Waals surface area contributed by atoms with Gasteiger partial charge in [-0.3, -0.25) is 0 Å². The van der Waals surface area contributed by atoms with Gasteiger partial charge in [0, 0.05) is 23.8 Å². The third-order valence-corrected chi connectivity index (χ3v) is 7.98. The van der Waals surface area contributed by atoms with E-state index >= 15 is 0 Å². The van der Waals surface area contributed by atoms with Gasteiger partial charge in [-0.2, -0.15) is 0 Å². The number of methoxy groups -OCH3 is 2. The second-order valence-electron chi connectivity index (χ2n) is 10.4. The standard InChI is InChI=1S/C30H34O5/c1-32-11-12-34-20-35-28-16-22(4-3-21-5-8-26(9-6-21)29(31)33-2)7-10-27(28)30-17-23-13-24(18-30)15-25(14-23)19-30/h5-10,16,23-25H,11-15,17-20H2,1-2H3. The minimum Gasteiger partial charge on any atom is -0.467 e. The number of hydrogen-bond donors (Lipinski definition) is 0. The van der Waals surface area contributed by atoms with Crippen LogP contribution in [0, 0.1) is 29.6 Å². The van der Waals surface area contributed by atoms with E-state index in [0.29, 0.717) is 18.8 Å². The molecule has 4 fully saturated rings. The highest BCUT2D eigenvalue weighted by Gasteiger charge is 2.52. The summed E-state index contributed by atoms with van der Waals surface area (Å²) in [5.74, 6) is 9.61. The summed E-state index contributed by atoms with van der Waals surface area (Å²) in [5.41, 5.74) is 3.82. The fourth-order valence-corrected chi connectivity index (χ4v) is 6.86. The molecule has 6 rings (SSSR count). The van der Waals surface area contributed by atoms with Gasteiger partial charge in [0.2, 0.25) is 0 Å². The van der Waals surface area contributed by atoms with Crippen LogP contribution in [0.1, 0.15) is 65.6 Å². The van der Waals surface area contributed by atoms with Crippen LogP contribution in [0.4, 0.5) is 0 Å². The van der Waals surface area contributed by atoms with Gasteiger partial charge in [-0.25, -0.2) is 4.79 Å². The Morgan fingerprint density at radius 2 is 1.51 bits per heavy atom. The quantitative estimate of drug-likeness (QED) is 0.224. The molecule has 4 aliphatic rings. The van der Waals surface area contributed by atoms with Crippen LogP contribution in [0.5, 0.6) is 5.75 Å². The molecule has 0 atom stereocenters. The number of carbonyl (C=O) groups is 1. The number of esters is 1. The summed E-state index contributed by atoms with van der Waals surface area (Å²) < 4.78 is 21.7. The summed E-state index contributed by atoms with van der Waals surface area (Å²) in [6.07, 6.45) is 8.06. The SMILES string of the molecule is COCCOCOc1cc(C#Cc2ccc(C(=O)OC)cc2)ccc1C12CC3CC(CC(C3)C1)C2. The largest absolute Gasteiger partial charge is 0.467 e. The lowest BCUT2D eigenvalue weighted by Crippen LogP contribution is -2.48. The zero-order valence-corrected chi connectivity index (χ0v) is 20.7. The summed E-state index contributed by atoms with van der Waals surface area (Å²) in [4.78, 5) is 11.7. The van der Waals surface area contributed by atoms with E-state index in [9.17, 15) is 4.79 Å². The number of carbonyl (C=O) groups excluding carboxylic acids is 1. The molecular formula is C30H34O5. The van der Waals surface area contributed by atoms with Crippen LogP contribution in [-0.2, 0) is 19.6 Å². The third kappa shape index (κ3) is 5.24. The molecule has 0 saturated heterocycles. The van der Waals surface area contributed by atoms with Crippen molar-refractivity contribution in [2.45, 2.75) is 43.9 Å². The first-order valence-corrected chi connectivity index (χ1v) is 12.6. The van der Waals surface area contributed by atoms with Crippen LogP contribution in [0.25, 0.3) is 0 Å². The van der Waals surface area contributed by atoms with Gasteiger partial charge in [-0.15, -0.1) is 0 Å². The molecule has 35 heavy (non-hydrogen) atoms. The molecule has 4 aliphatic carbocycles. The molecule has 184 valence electrons. The van der Waals surface area contributed by atoms with Crippen LogP contribution in [0.3, 0.4) is 0 Å². The first kappa shape index (κ1) is 23.9. The van der Waals surface area contributed by atoms with Crippen molar-refractivity contribution < 1.29 is 23.7 Å². The molecule has 4 saturated carbocycles. The van der Waals surface area contributed by atoms with E-state index in [1.807, 2.05) is 12.1 Å². The molecule has 0 aliphatic heterocycles. The predicted octanol–water partition coefficient (Wildman–Crippen LogP) is 5.34. The molecule has 2 aromatic rings. The van der Waals surface area contributed by atoms with E-state index in [1.165, 1.54) is 51.2 Å². The van der Waals surface area contributed by atoms with Gasteiger partial charge in [-0.05, 0) is 98.1 Å². The van der Waals surface area contributed by atoms with Crippen LogP contribution in [-0.4, -0.2) is 40.2 Å². The van der Waals surface area contributed by atoms with E-state index in [2.05, 4.69) is 30.0 Å². The Balaban J connectivity index is 1.39. The summed E-state index contributed by atoms with van der Waals surface area (Å²) in [6, 6.07) is 13.6. The number of rotatable bonds is 8. The highest BCUT2D eigenvalue weighted by atomic mass is 16.7. The predicted molar refractivity (Wildman–Crippen MR) is 133 cm³/mol. The molecule has 5 nitrogen and oxygen atoms in total. The van der Waals surface area contributed by atoms with E-state index in [1.54, 1.807) is 19.2 Å². The van der Waals surface area contributed by atoms with E-state index in [0.717, 1.165) is 34.6 Å². The molecule has 0 amide bonds. The number of benzene rings is 2. The zero-order valence-electron chi connectivity index (χ0n) is 20.7. The minimum absolute atomic E-state index is 0.203. The lowest BCUT2D eigenvalue weighted by molar-refractivity contribution is -0.0189. The van der Waals surface area contributed by atoms with Crippen molar-refractivity contribution in [2.75, 3.05) is 34.2 Å². The molecule has 0 N–H and O–H groups in total. The van der Waals surface area contributed by atoms with Crippen molar-refractivity contribution in [3.05, 3.63) is 64.7 Å². The topological polar surface area (TPSA) is 54.0 Å². The van der Waals surface area contributed by atoms with Gasteiger partial charge < -0.3 is 18.9 Å². The van der Waals surface area contributed by atoms with Crippen LogP contribution >= 0.6 is 0 Å². The second-order valence-corrected chi connectivity index (χ2v) is 10.4. The maximum atomic E-state index is 11.7. The molecule has 0 radical (unpaired) electrons.